The van der Waals surface area contributed by atoms with Gasteiger partial charge in [0.25, 0.3) is 11.5 Å². The first-order valence-electron chi connectivity index (χ1n) is 9.18. The molecule has 29 heavy (non-hydrogen) atoms. The molecule has 1 saturated heterocycles. The van der Waals surface area contributed by atoms with E-state index in [1.165, 1.54) is 12.1 Å². The molecule has 1 atom stereocenters. The number of hydrogen-bond donors (Lipinski definition) is 0. The summed E-state index contributed by atoms with van der Waals surface area (Å²) in [6.45, 7) is 2.76. The van der Waals surface area contributed by atoms with Crippen LogP contribution in [0, 0.1) is 6.92 Å². The van der Waals surface area contributed by atoms with E-state index in [1.54, 1.807) is 30.0 Å². The summed E-state index contributed by atoms with van der Waals surface area (Å²) in [5.74, 6) is -0.868. The molecule has 7 nitrogen and oxygen atoms in total. The molecular weight excluding hydrogens is 389 g/mol. The third-order valence-electron chi connectivity index (χ3n) is 5.16. The molecule has 0 N–H and O–H groups in total. The predicted molar refractivity (Wildman–Crippen MR) is 99.4 cm³/mol. The molecule has 4 rings (SSSR count). The minimum atomic E-state index is -4.71. The summed E-state index contributed by atoms with van der Waals surface area (Å²) < 4.78 is 47.5. The molecule has 1 aromatic heterocycles. The third-order valence-corrected chi connectivity index (χ3v) is 5.16. The number of anilines is 2. The third kappa shape index (κ3) is 3.48. The van der Waals surface area contributed by atoms with Gasteiger partial charge in [0.15, 0.2) is 6.04 Å². The van der Waals surface area contributed by atoms with E-state index in [2.05, 4.69) is 4.98 Å². The molecule has 3 heterocycles. The van der Waals surface area contributed by atoms with E-state index in [-0.39, 0.29) is 17.3 Å². The number of carbonyl (C=O) groups is 1. The second kappa shape index (κ2) is 7.18. The molecule has 0 saturated carbocycles. The summed E-state index contributed by atoms with van der Waals surface area (Å²) in [7, 11) is 0. The summed E-state index contributed by atoms with van der Waals surface area (Å²) in [4.78, 5) is 32.4. The molecule has 0 aliphatic carbocycles. The van der Waals surface area contributed by atoms with Crippen LogP contribution in [0.5, 0.6) is 0 Å². The maximum atomic E-state index is 13.8. The van der Waals surface area contributed by atoms with Crippen molar-refractivity contribution in [3.05, 3.63) is 51.8 Å². The highest BCUT2D eigenvalue weighted by atomic mass is 19.4. The van der Waals surface area contributed by atoms with E-state index >= 15 is 0 Å². The van der Waals surface area contributed by atoms with Gasteiger partial charge in [0.2, 0.25) is 5.95 Å². The van der Waals surface area contributed by atoms with Crippen molar-refractivity contribution in [2.45, 2.75) is 25.7 Å². The Balaban J connectivity index is 1.82. The van der Waals surface area contributed by atoms with Crippen molar-refractivity contribution < 1.29 is 22.7 Å². The Bertz CT molecular complexity index is 999. The monoisotopic (exact) mass is 408 g/mol. The van der Waals surface area contributed by atoms with Gasteiger partial charge in [-0.1, -0.05) is 18.2 Å². The maximum Gasteiger partial charge on any atom is 0.411 e. The molecule has 0 spiro atoms. The van der Waals surface area contributed by atoms with E-state index < -0.39 is 30.2 Å². The second-order valence-electron chi connectivity index (χ2n) is 7.01. The van der Waals surface area contributed by atoms with E-state index in [9.17, 15) is 22.8 Å². The quantitative estimate of drug-likeness (QED) is 0.760. The Morgan fingerprint density at radius 2 is 1.90 bits per heavy atom. The number of benzene rings is 1. The Kier molecular flexibility index (Phi) is 4.81. The van der Waals surface area contributed by atoms with Crippen LogP contribution in [-0.2, 0) is 11.3 Å². The summed E-state index contributed by atoms with van der Waals surface area (Å²) in [6, 6.07) is 5.46. The number of carbonyl (C=O) groups excluding carboxylic acids is 1. The highest BCUT2D eigenvalue weighted by molar-refractivity contribution is 6.07. The van der Waals surface area contributed by atoms with E-state index in [4.69, 9.17) is 4.74 Å². The SMILES string of the molecule is Cc1ccccc1C(=O)N1c2nc(N3CCOCC3)cc(=O)n2CC1C(F)(F)F. The lowest BCUT2D eigenvalue weighted by Crippen LogP contribution is -2.47. The highest BCUT2D eigenvalue weighted by Crippen LogP contribution is 2.36. The molecule has 1 amide bonds. The van der Waals surface area contributed by atoms with Gasteiger partial charge in [-0.05, 0) is 18.6 Å². The minimum absolute atomic E-state index is 0.140. The smallest absolute Gasteiger partial charge is 0.378 e. The van der Waals surface area contributed by atoms with Crippen LogP contribution in [0.2, 0.25) is 0 Å². The topological polar surface area (TPSA) is 67.7 Å². The number of ether oxygens (including phenoxy) is 1. The molecule has 2 aliphatic heterocycles. The van der Waals surface area contributed by atoms with Crippen LogP contribution in [0.4, 0.5) is 24.9 Å². The lowest BCUT2D eigenvalue weighted by Gasteiger charge is -2.29. The Labute approximate surface area is 164 Å². The number of amides is 1. The lowest BCUT2D eigenvalue weighted by atomic mass is 10.1. The van der Waals surface area contributed by atoms with Gasteiger partial charge in [0.1, 0.15) is 5.82 Å². The Morgan fingerprint density at radius 3 is 2.55 bits per heavy atom. The highest BCUT2D eigenvalue weighted by Gasteiger charge is 2.52. The van der Waals surface area contributed by atoms with Gasteiger partial charge in [-0.25, -0.2) is 0 Å². The van der Waals surface area contributed by atoms with Gasteiger partial charge < -0.3 is 9.64 Å². The first-order chi connectivity index (χ1) is 13.8. The van der Waals surface area contributed by atoms with Crippen molar-refractivity contribution in [3.8, 4) is 0 Å². The largest absolute Gasteiger partial charge is 0.411 e. The van der Waals surface area contributed by atoms with Crippen LogP contribution in [0.25, 0.3) is 0 Å². The predicted octanol–water partition coefficient (Wildman–Crippen LogP) is 1.98. The summed E-state index contributed by atoms with van der Waals surface area (Å²) in [6.07, 6.45) is -4.71. The fourth-order valence-electron chi connectivity index (χ4n) is 3.61. The summed E-state index contributed by atoms with van der Waals surface area (Å²) in [5.41, 5.74) is 0.0654. The summed E-state index contributed by atoms with van der Waals surface area (Å²) >= 11 is 0. The van der Waals surface area contributed by atoms with Crippen LogP contribution in [0.15, 0.2) is 35.1 Å². The summed E-state index contributed by atoms with van der Waals surface area (Å²) in [5, 5.41) is 0. The van der Waals surface area contributed by atoms with Crippen LogP contribution < -0.4 is 15.4 Å². The molecule has 1 fully saturated rings. The number of alkyl halides is 3. The maximum absolute atomic E-state index is 13.8. The van der Waals surface area contributed by atoms with Gasteiger partial charge in [0.05, 0.1) is 19.8 Å². The molecular formula is C19H19F3N4O3. The van der Waals surface area contributed by atoms with Crippen molar-refractivity contribution in [2.24, 2.45) is 0 Å². The van der Waals surface area contributed by atoms with Gasteiger partial charge in [-0.3, -0.25) is 19.1 Å². The van der Waals surface area contributed by atoms with Gasteiger partial charge in [-0.2, -0.15) is 18.2 Å². The van der Waals surface area contributed by atoms with E-state index in [1.807, 2.05) is 0 Å². The number of aromatic nitrogens is 2. The lowest BCUT2D eigenvalue weighted by molar-refractivity contribution is -0.147. The van der Waals surface area contributed by atoms with Gasteiger partial charge in [0, 0.05) is 24.7 Å². The number of nitrogens with zero attached hydrogens (tertiary/aromatic N) is 4. The van der Waals surface area contributed by atoms with E-state index in [0.29, 0.717) is 36.8 Å². The number of morpholine rings is 1. The Hall–Kier alpha value is -2.88. The second-order valence-corrected chi connectivity index (χ2v) is 7.01. The normalized spacial score (nSPS) is 19.4. The molecule has 154 valence electrons. The average Bonchev–Trinajstić information content (AvgIpc) is 3.09. The van der Waals surface area contributed by atoms with Crippen molar-refractivity contribution in [2.75, 3.05) is 36.1 Å². The first kappa shape index (κ1) is 19.4. The fraction of sp³-hybridized carbons (Fsp3) is 0.421. The van der Waals surface area contributed by atoms with Crippen LogP contribution in [-0.4, -0.2) is 54.0 Å². The Morgan fingerprint density at radius 1 is 1.21 bits per heavy atom. The average molecular weight is 408 g/mol. The number of aryl methyl sites for hydroxylation is 1. The molecule has 0 radical (unpaired) electrons. The molecule has 1 unspecified atom stereocenters. The minimum Gasteiger partial charge on any atom is -0.378 e. The molecule has 0 bridgehead atoms. The fourth-order valence-corrected chi connectivity index (χ4v) is 3.61. The van der Waals surface area contributed by atoms with Gasteiger partial charge in [-0.15, -0.1) is 0 Å². The van der Waals surface area contributed by atoms with Gasteiger partial charge >= 0.3 is 6.18 Å². The number of hydrogen-bond acceptors (Lipinski definition) is 5. The first-order valence-corrected chi connectivity index (χ1v) is 9.18. The molecule has 1 aromatic carbocycles. The zero-order valence-electron chi connectivity index (χ0n) is 15.6. The van der Waals surface area contributed by atoms with Crippen molar-refractivity contribution >= 4 is 17.7 Å². The van der Waals surface area contributed by atoms with Crippen LogP contribution >= 0.6 is 0 Å². The van der Waals surface area contributed by atoms with Crippen molar-refractivity contribution in [1.82, 2.24) is 9.55 Å². The van der Waals surface area contributed by atoms with Crippen LogP contribution in [0.1, 0.15) is 15.9 Å². The molecule has 10 heteroatoms. The molecule has 2 aromatic rings. The van der Waals surface area contributed by atoms with Crippen molar-refractivity contribution in [1.29, 1.82) is 0 Å². The molecule has 2 aliphatic rings. The zero-order valence-corrected chi connectivity index (χ0v) is 15.6. The standard InChI is InChI=1S/C19H19F3N4O3/c1-12-4-2-3-5-13(12)17(28)26-14(19(20,21)22)11-25-16(27)10-15(23-18(25)26)24-6-8-29-9-7-24/h2-5,10,14H,6-9,11H2,1H3. The van der Waals surface area contributed by atoms with E-state index in [0.717, 1.165) is 4.57 Å². The van der Waals surface area contributed by atoms with Crippen LogP contribution in [0.3, 0.4) is 0 Å². The van der Waals surface area contributed by atoms with Crippen molar-refractivity contribution in [3.63, 3.8) is 0 Å². The number of rotatable bonds is 2. The zero-order chi connectivity index (χ0) is 20.8. The number of fused-ring (bicyclic) bond motifs is 1. The number of halogens is 3.